The molecular formula is C14H17NO4. The quantitative estimate of drug-likeness (QED) is 0.448. The number of nitrogens with zero attached hydrogens (tertiary/aromatic N) is 1. The zero-order valence-electron chi connectivity index (χ0n) is 11.1. The maximum absolute atomic E-state index is 11.5. The third-order valence-electron chi connectivity index (χ3n) is 2.90. The zero-order chi connectivity index (χ0) is 13.7. The molecule has 0 saturated heterocycles. The number of esters is 1. The maximum atomic E-state index is 11.5. The predicted octanol–water partition coefficient (Wildman–Crippen LogP) is 2.24. The molecule has 5 nitrogen and oxygen atoms in total. The molecule has 1 saturated carbocycles. The second-order valence-electron chi connectivity index (χ2n) is 4.42. The number of hydrogen-bond acceptors (Lipinski definition) is 5. The van der Waals surface area contributed by atoms with Gasteiger partial charge in [0.05, 0.1) is 25.5 Å². The van der Waals surface area contributed by atoms with E-state index in [2.05, 4.69) is 9.99 Å². The van der Waals surface area contributed by atoms with E-state index in [0.29, 0.717) is 23.8 Å². The van der Waals surface area contributed by atoms with Crippen LogP contribution in [-0.2, 0) is 9.57 Å². The van der Waals surface area contributed by atoms with Gasteiger partial charge >= 0.3 is 5.97 Å². The Hall–Kier alpha value is -2.04. The van der Waals surface area contributed by atoms with Crippen LogP contribution in [0.4, 0.5) is 0 Å². The van der Waals surface area contributed by atoms with E-state index in [1.54, 1.807) is 24.4 Å². The molecule has 5 heteroatoms. The van der Waals surface area contributed by atoms with Crippen LogP contribution in [0, 0.1) is 5.92 Å². The van der Waals surface area contributed by atoms with Crippen molar-refractivity contribution < 1.29 is 19.1 Å². The molecule has 102 valence electrons. The SMILES string of the molecule is CO/N=C\c1ccc(C(=O)OC)cc1OCC1CC1. The molecule has 2 rings (SSSR count). The van der Waals surface area contributed by atoms with Crippen LogP contribution >= 0.6 is 0 Å². The van der Waals surface area contributed by atoms with Crippen molar-refractivity contribution in [3.63, 3.8) is 0 Å². The fraction of sp³-hybridized carbons (Fsp3) is 0.429. The molecule has 0 unspecified atom stereocenters. The molecule has 0 spiro atoms. The van der Waals surface area contributed by atoms with E-state index in [1.807, 2.05) is 0 Å². The molecule has 1 aromatic rings. The van der Waals surface area contributed by atoms with E-state index in [9.17, 15) is 4.79 Å². The topological polar surface area (TPSA) is 57.1 Å². The summed E-state index contributed by atoms with van der Waals surface area (Å²) < 4.78 is 10.4. The Kier molecular flexibility index (Phi) is 4.39. The summed E-state index contributed by atoms with van der Waals surface area (Å²) in [5.74, 6) is 0.871. The molecule has 1 aliphatic rings. The van der Waals surface area contributed by atoms with Gasteiger partial charge in [0.2, 0.25) is 0 Å². The van der Waals surface area contributed by atoms with Crippen LogP contribution in [0.2, 0.25) is 0 Å². The lowest BCUT2D eigenvalue weighted by atomic mass is 10.1. The third kappa shape index (κ3) is 3.71. The first-order valence-electron chi connectivity index (χ1n) is 6.16. The monoisotopic (exact) mass is 263 g/mol. The summed E-state index contributed by atoms with van der Waals surface area (Å²) in [5.41, 5.74) is 1.23. The van der Waals surface area contributed by atoms with Gasteiger partial charge in [-0.15, -0.1) is 0 Å². The van der Waals surface area contributed by atoms with Crippen LogP contribution in [0.15, 0.2) is 23.4 Å². The Morgan fingerprint density at radius 2 is 2.21 bits per heavy atom. The number of hydrogen-bond donors (Lipinski definition) is 0. The van der Waals surface area contributed by atoms with Crippen molar-refractivity contribution in [1.82, 2.24) is 0 Å². The Labute approximate surface area is 112 Å². The Bertz CT molecular complexity index is 480. The van der Waals surface area contributed by atoms with E-state index in [1.165, 1.54) is 27.1 Å². The van der Waals surface area contributed by atoms with Crippen molar-refractivity contribution in [3.05, 3.63) is 29.3 Å². The number of ether oxygens (including phenoxy) is 2. The van der Waals surface area contributed by atoms with Crippen LogP contribution in [0.3, 0.4) is 0 Å². The lowest BCUT2D eigenvalue weighted by molar-refractivity contribution is 0.0600. The van der Waals surface area contributed by atoms with Gasteiger partial charge in [0.25, 0.3) is 0 Å². The smallest absolute Gasteiger partial charge is 0.337 e. The maximum Gasteiger partial charge on any atom is 0.337 e. The van der Waals surface area contributed by atoms with Crippen LogP contribution < -0.4 is 4.74 Å². The molecule has 0 aliphatic heterocycles. The second kappa shape index (κ2) is 6.22. The van der Waals surface area contributed by atoms with Crippen molar-refractivity contribution in [1.29, 1.82) is 0 Å². The van der Waals surface area contributed by atoms with E-state index in [4.69, 9.17) is 9.47 Å². The fourth-order valence-electron chi connectivity index (χ4n) is 1.61. The van der Waals surface area contributed by atoms with Gasteiger partial charge in [-0.1, -0.05) is 5.16 Å². The molecule has 0 amide bonds. The standard InChI is InChI=1S/C14H17NO4/c1-17-14(16)11-5-6-12(8-15-18-2)13(7-11)19-9-10-3-4-10/h5-8,10H,3-4,9H2,1-2H3/b15-8-. The van der Waals surface area contributed by atoms with Gasteiger partial charge in [0.1, 0.15) is 12.9 Å². The molecule has 0 bridgehead atoms. The summed E-state index contributed by atoms with van der Waals surface area (Å²) in [7, 11) is 2.83. The minimum absolute atomic E-state index is 0.383. The average molecular weight is 263 g/mol. The molecular weight excluding hydrogens is 246 g/mol. The minimum atomic E-state index is -0.383. The summed E-state index contributed by atoms with van der Waals surface area (Å²) in [5, 5.41) is 3.72. The summed E-state index contributed by atoms with van der Waals surface area (Å²) in [4.78, 5) is 16.2. The zero-order valence-corrected chi connectivity index (χ0v) is 11.1. The van der Waals surface area contributed by atoms with Gasteiger partial charge in [-0.3, -0.25) is 0 Å². The van der Waals surface area contributed by atoms with E-state index in [0.717, 1.165) is 5.56 Å². The summed E-state index contributed by atoms with van der Waals surface area (Å²) in [6.07, 6.45) is 3.97. The largest absolute Gasteiger partial charge is 0.493 e. The number of carbonyl (C=O) groups is 1. The first-order valence-corrected chi connectivity index (χ1v) is 6.16. The highest BCUT2D eigenvalue weighted by molar-refractivity contribution is 5.92. The van der Waals surface area contributed by atoms with Gasteiger partial charge in [-0.25, -0.2) is 4.79 Å². The van der Waals surface area contributed by atoms with Gasteiger partial charge in [-0.05, 0) is 37.0 Å². The van der Waals surface area contributed by atoms with E-state index < -0.39 is 0 Å². The van der Waals surface area contributed by atoms with Crippen molar-refractivity contribution >= 4 is 12.2 Å². The molecule has 1 aromatic carbocycles. The Morgan fingerprint density at radius 1 is 1.42 bits per heavy atom. The first-order chi connectivity index (χ1) is 9.24. The van der Waals surface area contributed by atoms with Gasteiger partial charge < -0.3 is 14.3 Å². The Balaban J connectivity index is 2.20. The Morgan fingerprint density at radius 3 is 2.84 bits per heavy atom. The third-order valence-corrected chi connectivity index (χ3v) is 2.90. The van der Waals surface area contributed by atoms with Gasteiger partial charge in [0.15, 0.2) is 0 Å². The molecule has 1 fully saturated rings. The summed E-state index contributed by atoms with van der Waals surface area (Å²) in [6, 6.07) is 5.11. The molecule has 0 atom stereocenters. The number of benzene rings is 1. The van der Waals surface area contributed by atoms with E-state index >= 15 is 0 Å². The summed E-state index contributed by atoms with van der Waals surface area (Å²) in [6.45, 7) is 0.665. The predicted molar refractivity (Wildman–Crippen MR) is 70.6 cm³/mol. The lowest BCUT2D eigenvalue weighted by Gasteiger charge is -2.10. The normalized spacial score (nSPS) is 14.4. The van der Waals surface area contributed by atoms with Crippen molar-refractivity contribution in [3.8, 4) is 5.75 Å². The van der Waals surface area contributed by atoms with Crippen molar-refractivity contribution in [2.45, 2.75) is 12.8 Å². The fourth-order valence-corrected chi connectivity index (χ4v) is 1.61. The number of carbonyl (C=O) groups excluding carboxylic acids is 1. The van der Waals surface area contributed by atoms with Gasteiger partial charge in [0, 0.05) is 5.56 Å². The van der Waals surface area contributed by atoms with E-state index in [-0.39, 0.29) is 5.97 Å². The highest BCUT2D eigenvalue weighted by Gasteiger charge is 2.22. The second-order valence-corrected chi connectivity index (χ2v) is 4.42. The average Bonchev–Trinajstić information content (AvgIpc) is 3.26. The number of rotatable bonds is 6. The summed E-state index contributed by atoms with van der Waals surface area (Å²) >= 11 is 0. The van der Waals surface area contributed by atoms with Crippen LogP contribution in [0.1, 0.15) is 28.8 Å². The lowest BCUT2D eigenvalue weighted by Crippen LogP contribution is -2.06. The number of oxime groups is 1. The minimum Gasteiger partial charge on any atom is -0.493 e. The molecule has 0 radical (unpaired) electrons. The highest BCUT2D eigenvalue weighted by Crippen LogP contribution is 2.30. The van der Waals surface area contributed by atoms with Crippen molar-refractivity contribution in [2.24, 2.45) is 11.1 Å². The molecule has 0 N–H and O–H groups in total. The molecule has 0 heterocycles. The molecule has 19 heavy (non-hydrogen) atoms. The van der Waals surface area contributed by atoms with Crippen LogP contribution in [-0.4, -0.2) is 33.0 Å². The van der Waals surface area contributed by atoms with Crippen LogP contribution in [0.25, 0.3) is 0 Å². The highest BCUT2D eigenvalue weighted by atomic mass is 16.6. The van der Waals surface area contributed by atoms with Crippen LogP contribution in [0.5, 0.6) is 5.75 Å². The van der Waals surface area contributed by atoms with Crippen molar-refractivity contribution in [2.75, 3.05) is 20.8 Å². The van der Waals surface area contributed by atoms with Gasteiger partial charge in [-0.2, -0.15) is 0 Å². The number of methoxy groups -OCH3 is 1. The molecule has 0 aromatic heterocycles. The molecule has 1 aliphatic carbocycles. The first kappa shape index (κ1) is 13.4.